The second-order valence-electron chi connectivity index (χ2n) is 5.61. The van der Waals surface area contributed by atoms with Crippen molar-refractivity contribution in [1.29, 1.82) is 0 Å². The second-order valence-corrected chi connectivity index (χ2v) is 5.61. The van der Waals surface area contributed by atoms with E-state index in [1.807, 2.05) is 13.0 Å². The van der Waals surface area contributed by atoms with Crippen LogP contribution < -0.4 is 5.32 Å². The largest absolute Gasteiger partial charge is 0.382 e. The van der Waals surface area contributed by atoms with Crippen molar-refractivity contribution in [3.8, 4) is 12.3 Å². The summed E-state index contributed by atoms with van der Waals surface area (Å²) in [7, 11) is 0. The van der Waals surface area contributed by atoms with Crippen molar-refractivity contribution in [2.75, 3.05) is 25.0 Å². The monoisotopic (exact) mass is 287 g/mol. The summed E-state index contributed by atoms with van der Waals surface area (Å²) >= 11 is 0. The van der Waals surface area contributed by atoms with Gasteiger partial charge in [0.15, 0.2) is 0 Å². The minimum Gasteiger partial charge on any atom is -0.382 e. The molecule has 0 saturated carbocycles. The summed E-state index contributed by atoms with van der Waals surface area (Å²) in [6, 6.07) is 3.87. The lowest BCUT2D eigenvalue weighted by Gasteiger charge is -2.32. The minimum atomic E-state index is -0.324. The number of benzene rings is 1. The van der Waals surface area contributed by atoms with Crippen LogP contribution in [0.3, 0.4) is 0 Å². The van der Waals surface area contributed by atoms with Gasteiger partial charge in [-0.05, 0) is 38.3 Å². The topological polar surface area (TPSA) is 58.4 Å². The zero-order valence-electron chi connectivity index (χ0n) is 12.6. The van der Waals surface area contributed by atoms with Crippen LogP contribution in [-0.4, -0.2) is 35.5 Å². The van der Waals surface area contributed by atoms with Crippen LogP contribution in [0.25, 0.3) is 0 Å². The van der Waals surface area contributed by atoms with Gasteiger partial charge in [-0.15, -0.1) is 6.42 Å². The molecule has 1 aromatic carbocycles. The van der Waals surface area contributed by atoms with Crippen molar-refractivity contribution in [1.82, 2.24) is 4.90 Å². The average Bonchev–Trinajstić information content (AvgIpc) is 2.43. The van der Waals surface area contributed by atoms with Crippen molar-refractivity contribution in [2.45, 2.75) is 32.7 Å². The smallest absolute Gasteiger partial charge is 0.274 e. The summed E-state index contributed by atoms with van der Waals surface area (Å²) in [4.78, 5) is 13.0. The number of aryl methyl sites for hydroxylation is 2. The van der Waals surface area contributed by atoms with Gasteiger partial charge in [0.1, 0.15) is 0 Å². The Morgan fingerprint density at radius 2 is 2.05 bits per heavy atom. The molecular weight excluding hydrogens is 266 g/mol. The lowest BCUT2D eigenvalue weighted by atomic mass is 10.0. The van der Waals surface area contributed by atoms with Crippen LogP contribution in [0.5, 0.6) is 0 Å². The van der Waals surface area contributed by atoms with Crippen molar-refractivity contribution in [3.05, 3.63) is 33.4 Å². The summed E-state index contributed by atoms with van der Waals surface area (Å²) in [5.41, 5.74) is 2.78. The van der Waals surface area contributed by atoms with Gasteiger partial charge in [0.05, 0.1) is 11.5 Å². The number of nitro groups is 1. The highest BCUT2D eigenvalue weighted by molar-refractivity contribution is 5.60. The molecule has 0 bridgehead atoms. The van der Waals surface area contributed by atoms with E-state index in [0.717, 1.165) is 37.2 Å². The van der Waals surface area contributed by atoms with Gasteiger partial charge < -0.3 is 5.32 Å². The standard InChI is InChI=1S/C16H21N3O2/c1-4-7-18-8-5-14(6-9-18)17-15-11-16(19(20)21)13(3)10-12(15)2/h1,10-11,14,17H,5-9H2,2-3H3. The van der Waals surface area contributed by atoms with Gasteiger partial charge in [0, 0.05) is 36.4 Å². The molecule has 1 aliphatic rings. The van der Waals surface area contributed by atoms with E-state index < -0.39 is 0 Å². The van der Waals surface area contributed by atoms with Crippen molar-refractivity contribution in [3.63, 3.8) is 0 Å². The third kappa shape index (κ3) is 3.73. The van der Waals surface area contributed by atoms with Gasteiger partial charge in [-0.2, -0.15) is 0 Å². The van der Waals surface area contributed by atoms with Crippen LogP contribution in [-0.2, 0) is 0 Å². The van der Waals surface area contributed by atoms with Gasteiger partial charge in [0.25, 0.3) is 5.69 Å². The van der Waals surface area contributed by atoms with Crippen LogP contribution in [0.15, 0.2) is 12.1 Å². The Hall–Kier alpha value is -2.06. The first-order valence-electron chi connectivity index (χ1n) is 7.19. The molecule has 1 saturated heterocycles. The quantitative estimate of drug-likeness (QED) is 0.525. The highest BCUT2D eigenvalue weighted by Gasteiger charge is 2.20. The molecule has 1 aromatic rings. The zero-order chi connectivity index (χ0) is 15.4. The average molecular weight is 287 g/mol. The normalized spacial score (nSPS) is 16.4. The molecule has 0 atom stereocenters. The first kappa shape index (κ1) is 15.3. The number of hydrogen-bond acceptors (Lipinski definition) is 4. The van der Waals surface area contributed by atoms with Crippen LogP contribution in [0, 0.1) is 36.3 Å². The maximum atomic E-state index is 11.0. The number of nitrogens with zero attached hydrogens (tertiary/aromatic N) is 2. The summed E-state index contributed by atoms with van der Waals surface area (Å²) in [6.45, 7) is 6.38. The number of rotatable bonds is 4. The third-order valence-electron chi connectivity index (χ3n) is 4.00. The molecule has 0 radical (unpaired) electrons. The number of nitro benzene ring substituents is 1. The van der Waals surface area contributed by atoms with Crippen molar-refractivity contribution in [2.24, 2.45) is 0 Å². The Morgan fingerprint density at radius 1 is 1.38 bits per heavy atom. The van der Waals surface area contributed by atoms with Crippen LogP contribution in [0.1, 0.15) is 24.0 Å². The Morgan fingerprint density at radius 3 is 2.62 bits per heavy atom. The Bertz CT molecular complexity index is 570. The fourth-order valence-electron chi connectivity index (χ4n) is 2.78. The highest BCUT2D eigenvalue weighted by atomic mass is 16.6. The third-order valence-corrected chi connectivity index (χ3v) is 4.00. The predicted molar refractivity (Wildman–Crippen MR) is 84.5 cm³/mol. The van der Waals surface area contributed by atoms with Crippen molar-refractivity contribution >= 4 is 11.4 Å². The fourth-order valence-corrected chi connectivity index (χ4v) is 2.78. The molecule has 2 rings (SSSR count). The Labute approximate surface area is 125 Å². The molecule has 0 amide bonds. The number of likely N-dealkylation sites (tertiary alicyclic amines) is 1. The first-order chi connectivity index (χ1) is 10.0. The van der Waals surface area contributed by atoms with E-state index in [0.29, 0.717) is 18.2 Å². The van der Waals surface area contributed by atoms with E-state index in [1.54, 1.807) is 13.0 Å². The van der Waals surface area contributed by atoms with Gasteiger partial charge in [-0.1, -0.05) is 5.92 Å². The first-order valence-corrected chi connectivity index (χ1v) is 7.19. The molecule has 1 heterocycles. The maximum Gasteiger partial charge on any atom is 0.274 e. The number of anilines is 1. The maximum absolute atomic E-state index is 11.0. The molecule has 0 spiro atoms. The summed E-state index contributed by atoms with van der Waals surface area (Å²) < 4.78 is 0. The van der Waals surface area contributed by atoms with Gasteiger partial charge in [-0.25, -0.2) is 0 Å². The summed E-state index contributed by atoms with van der Waals surface area (Å²) in [5, 5.41) is 14.5. The van der Waals surface area contributed by atoms with Gasteiger partial charge in [0.2, 0.25) is 0 Å². The zero-order valence-corrected chi connectivity index (χ0v) is 12.6. The Balaban J connectivity index is 2.05. The second kappa shape index (κ2) is 6.59. The van der Waals surface area contributed by atoms with Crippen LogP contribution in [0.2, 0.25) is 0 Å². The highest BCUT2D eigenvalue weighted by Crippen LogP contribution is 2.28. The number of hydrogen-bond donors (Lipinski definition) is 1. The number of piperidine rings is 1. The summed E-state index contributed by atoms with van der Waals surface area (Å²) in [5.74, 6) is 2.67. The van der Waals surface area contributed by atoms with Gasteiger partial charge >= 0.3 is 0 Å². The molecular formula is C16H21N3O2. The van der Waals surface area contributed by atoms with E-state index in [4.69, 9.17) is 6.42 Å². The predicted octanol–water partition coefficient (Wildman–Crippen LogP) is 2.72. The molecule has 0 aliphatic carbocycles. The minimum absolute atomic E-state index is 0.174. The van der Waals surface area contributed by atoms with E-state index >= 15 is 0 Å². The molecule has 1 fully saturated rings. The molecule has 5 nitrogen and oxygen atoms in total. The lowest BCUT2D eigenvalue weighted by Crippen LogP contribution is -2.39. The van der Waals surface area contributed by atoms with E-state index in [9.17, 15) is 10.1 Å². The van der Waals surface area contributed by atoms with E-state index in [1.165, 1.54) is 0 Å². The fraction of sp³-hybridized carbons (Fsp3) is 0.500. The van der Waals surface area contributed by atoms with Crippen molar-refractivity contribution < 1.29 is 4.92 Å². The van der Waals surface area contributed by atoms with Crippen LogP contribution >= 0.6 is 0 Å². The molecule has 1 aliphatic heterocycles. The molecule has 0 unspecified atom stereocenters. The van der Waals surface area contributed by atoms with Crippen LogP contribution in [0.4, 0.5) is 11.4 Å². The number of nitrogens with one attached hydrogen (secondary N) is 1. The molecule has 0 aromatic heterocycles. The molecule has 21 heavy (non-hydrogen) atoms. The molecule has 1 N–H and O–H groups in total. The number of terminal acetylenes is 1. The summed E-state index contributed by atoms with van der Waals surface area (Å²) in [6.07, 6.45) is 7.33. The SMILES string of the molecule is C#CCN1CCC(Nc2cc([N+](=O)[O-])c(C)cc2C)CC1. The van der Waals surface area contributed by atoms with E-state index in [2.05, 4.69) is 16.1 Å². The molecule has 5 heteroatoms. The van der Waals surface area contributed by atoms with Gasteiger partial charge in [-0.3, -0.25) is 15.0 Å². The van der Waals surface area contributed by atoms with E-state index in [-0.39, 0.29) is 10.6 Å². The molecule has 112 valence electrons. The lowest BCUT2D eigenvalue weighted by molar-refractivity contribution is -0.385. The Kier molecular flexibility index (Phi) is 4.81.